The summed E-state index contributed by atoms with van der Waals surface area (Å²) in [6.45, 7) is 3.47. The average molecular weight is 378 g/mol. The minimum atomic E-state index is -1.40. The molecule has 3 heterocycles. The Labute approximate surface area is 179 Å². The molecule has 3 aliphatic heterocycles. The fourth-order valence-corrected chi connectivity index (χ4v) is 4.27. The van der Waals surface area contributed by atoms with Crippen LogP contribution in [0.3, 0.4) is 0 Å². The van der Waals surface area contributed by atoms with E-state index < -0.39 is 24.1 Å². The molecule has 7 nitrogen and oxygen atoms in total. The summed E-state index contributed by atoms with van der Waals surface area (Å²) in [5.41, 5.74) is 2.04. The number of carboxylic acids is 1. The van der Waals surface area contributed by atoms with E-state index in [0.29, 0.717) is 12.0 Å². The molecular weight excluding hydrogens is 359 g/mol. The molecule has 0 aliphatic carbocycles. The van der Waals surface area contributed by atoms with E-state index >= 15 is 0 Å². The number of aliphatic hydroxyl groups is 1. The predicted molar refractivity (Wildman–Crippen MR) is 89.5 cm³/mol. The van der Waals surface area contributed by atoms with Crippen LogP contribution in [0, 0.1) is 11.8 Å². The van der Waals surface area contributed by atoms with Gasteiger partial charge in [-0.15, -0.1) is 0 Å². The standard InChI is InChI=1S/C19H20N2O5.Na/c1-9-15(11-6-4-3-5-7-11)20-26-17(9)12-8-13-14(10(2)22)18(23)21(13)16(12)19(24)25;/h3-7,9-10,13-14,17,22H,8H2,1-2H3,(H,24,25);/q;+1/p-1/t9-,10-,13-,14-,17+;/m1./s1. The minimum Gasteiger partial charge on any atom is -0.543 e. The Bertz CT molecular complexity index is 836. The summed E-state index contributed by atoms with van der Waals surface area (Å²) in [5.74, 6) is -2.54. The number of oxime groups is 1. The van der Waals surface area contributed by atoms with E-state index in [1.807, 2.05) is 37.3 Å². The third-order valence-electron chi connectivity index (χ3n) is 5.52. The minimum absolute atomic E-state index is 0. The maximum atomic E-state index is 12.3. The monoisotopic (exact) mass is 378 g/mol. The first-order valence-corrected chi connectivity index (χ1v) is 8.66. The maximum Gasteiger partial charge on any atom is 1.00 e. The van der Waals surface area contributed by atoms with Gasteiger partial charge in [0, 0.05) is 11.5 Å². The molecular formula is C19H19N2NaO5. The number of benzene rings is 1. The first-order valence-electron chi connectivity index (χ1n) is 8.66. The molecule has 0 saturated carbocycles. The van der Waals surface area contributed by atoms with Crippen molar-refractivity contribution >= 4 is 17.6 Å². The van der Waals surface area contributed by atoms with Crippen molar-refractivity contribution in [2.45, 2.75) is 38.5 Å². The molecule has 1 aromatic rings. The summed E-state index contributed by atoms with van der Waals surface area (Å²) in [6, 6.07) is 9.19. The molecule has 0 bridgehead atoms. The van der Waals surface area contributed by atoms with Gasteiger partial charge in [-0.25, -0.2) is 0 Å². The van der Waals surface area contributed by atoms with E-state index in [2.05, 4.69) is 5.16 Å². The van der Waals surface area contributed by atoms with Gasteiger partial charge in [-0.2, -0.15) is 0 Å². The Kier molecular flexibility index (Phi) is 5.49. The average Bonchev–Trinajstić information content (AvgIpc) is 3.13. The Balaban J connectivity index is 0.00000210. The van der Waals surface area contributed by atoms with E-state index in [1.165, 1.54) is 4.90 Å². The number of carboxylic acid groups (broad SMARTS) is 1. The number of carbonyl (C=O) groups excluding carboxylic acids is 2. The van der Waals surface area contributed by atoms with Crippen LogP contribution >= 0.6 is 0 Å². The summed E-state index contributed by atoms with van der Waals surface area (Å²) < 4.78 is 0. The van der Waals surface area contributed by atoms with Crippen molar-refractivity contribution in [2.75, 3.05) is 0 Å². The zero-order valence-corrected chi connectivity index (χ0v) is 17.5. The van der Waals surface area contributed by atoms with Gasteiger partial charge in [0.15, 0.2) is 6.10 Å². The van der Waals surface area contributed by atoms with Crippen LogP contribution in [0.25, 0.3) is 0 Å². The van der Waals surface area contributed by atoms with Crippen LogP contribution in [0.2, 0.25) is 0 Å². The second-order valence-electron chi connectivity index (χ2n) is 7.06. The Morgan fingerprint density at radius 3 is 2.63 bits per heavy atom. The molecule has 3 aliphatic rings. The molecule has 5 atom stereocenters. The number of nitrogens with zero attached hydrogens (tertiary/aromatic N) is 2. The Hall–Kier alpha value is -1.67. The first kappa shape index (κ1) is 20.1. The predicted octanol–water partition coefficient (Wildman–Crippen LogP) is -2.95. The zero-order valence-electron chi connectivity index (χ0n) is 15.5. The number of amides is 1. The number of fused-ring (bicyclic) bond motifs is 1. The summed E-state index contributed by atoms with van der Waals surface area (Å²) in [5, 5.41) is 25.7. The van der Waals surface area contributed by atoms with Crippen molar-refractivity contribution in [1.82, 2.24) is 4.90 Å². The number of β-lactam (4-membered cyclic amide) rings is 1. The molecule has 1 N–H and O–H groups in total. The number of aliphatic carboxylic acids is 1. The fourth-order valence-electron chi connectivity index (χ4n) is 4.27. The van der Waals surface area contributed by atoms with Gasteiger partial charge in [0.1, 0.15) is 0 Å². The van der Waals surface area contributed by atoms with Gasteiger partial charge >= 0.3 is 29.6 Å². The zero-order chi connectivity index (χ0) is 18.6. The maximum absolute atomic E-state index is 12.3. The van der Waals surface area contributed by atoms with Gasteiger partial charge < -0.3 is 24.7 Å². The van der Waals surface area contributed by atoms with Gasteiger partial charge in [0.05, 0.1) is 35.4 Å². The van der Waals surface area contributed by atoms with Crippen LogP contribution in [0.1, 0.15) is 25.8 Å². The molecule has 0 unspecified atom stereocenters. The molecule has 1 fully saturated rings. The Morgan fingerprint density at radius 1 is 1.37 bits per heavy atom. The van der Waals surface area contributed by atoms with Gasteiger partial charge in [-0.05, 0) is 18.9 Å². The SMILES string of the molecule is C[C@@H]1C(c2ccccc2)=NO[C@@H]1C1=C(C(=O)[O-])N2C(=O)[C@H]([C@@H](C)O)[C@H]2C1.[Na+]. The van der Waals surface area contributed by atoms with Crippen molar-refractivity contribution in [2.24, 2.45) is 17.0 Å². The van der Waals surface area contributed by atoms with E-state index in [9.17, 15) is 19.8 Å². The first-order chi connectivity index (χ1) is 12.4. The Morgan fingerprint density at radius 2 is 2.04 bits per heavy atom. The molecule has 0 aromatic heterocycles. The largest absolute Gasteiger partial charge is 1.00 e. The number of hydrogen-bond acceptors (Lipinski definition) is 6. The van der Waals surface area contributed by atoms with Crippen LogP contribution in [-0.2, 0) is 14.4 Å². The van der Waals surface area contributed by atoms with Crippen LogP contribution in [0.4, 0.5) is 0 Å². The van der Waals surface area contributed by atoms with Crippen molar-refractivity contribution in [1.29, 1.82) is 0 Å². The van der Waals surface area contributed by atoms with Gasteiger partial charge in [0.2, 0.25) is 5.91 Å². The van der Waals surface area contributed by atoms with Crippen molar-refractivity contribution in [3.63, 3.8) is 0 Å². The molecule has 1 saturated heterocycles. The number of rotatable bonds is 4. The fraction of sp³-hybridized carbons (Fsp3) is 0.421. The van der Waals surface area contributed by atoms with E-state index in [4.69, 9.17) is 4.84 Å². The van der Waals surface area contributed by atoms with Crippen molar-refractivity contribution in [3.05, 3.63) is 47.2 Å². The molecule has 4 rings (SSSR count). The van der Waals surface area contributed by atoms with Crippen LogP contribution < -0.4 is 34.7 Å². The second kappa shape index (κ2) is 7.39. The third kappa shape index (κ3) is 3.02. The van der Waals surface area contributed by atoms with Crippen LogP contribution in [-0.4, -0.2) is 45.8 Å². The molecule has 0 spiro atoms. The van der Waals surface area contributed by atoms with Crippen LogP contribution in [0.5, 0.6) is 0 Å². The molecule has 0 radical (unpaired) electrons. The normalized spacial score (nSPS) is 30.1. The van der Waals surface area contributed by atoms with E-state index in [0.717, 1.165) is 11.3 Å². The molecule has 27 heavy (non-hydrogen) atoms. The van der Waals surface area contributed by atoms with Gasteiger partial charge in [-0.1, -0.05) is 42.4 Å². The summed E-state index contributed by atoms with van der Waals surface area (Å²) in [6.07, 6.45) is -1.05. The van der Waals surface area contributed by atoms with E-state index in [-0.39, 0.29) is 53.1 Å². The topological polar surface area (TPSA) is 102 Å². The smallest absolute Gasteiger partial charge is 0.543 e. The number of aliphatic hydroxyl groups excluding tert-OH is 1. The van der Waals surface area contributed by atoms with Crippen LogP contribution in [0.15, 0.2) is 46.8 Å². The van der Waals surface area contributed by atoms with E-state index in [1.54, 1.807) is 6.92 Å². The number of carbonyl (C=O) groups is 2. The van der Waals surface area contributed by atoms with Gasteiger partial charge in [-0.3, -0.25) is 4.79 Å². The quantitative estimate of drug-likeness (QED) is 0.446. The molecule has 1 amide bonds. The summed E-state index contributed by atoms with van der Waals surface area (Å²) in [7, 11) is 0. The summed E-state index contributed by atoms with van der Waals surface area (Å²) >= 11 is 0. The number of hydrogen-bond donors (Lipinski definition) is 1. The summed E-state index contributed by atoms with van der Waals surface area (Å²) in [4.78, 5) is 30.8. The second-order valence-corrected chi connectivity index (χ2v) is 7.06. The molecule has 1 aromatic carbocycles. The third-order valence-corrected chi connectivity index (χ3v) is 5.52. The van der Waals surface area contributed by atoms with Crippen molar-refractivity contribution in [3.8, 4) is 0 Å². The van der Waals surface area contributed by atoms with Gasteiger partial charge in [0.25, 0.3) is 0 Å². The van der Waals surface area contributed by atoms with Crippen molar-refractivity contribution < 1.29 is 54.2 Å². The molecule has 8 heteroatoms. The molecule has 136 valence electrons.